The summed E-state index contributed by atoms with van der Waals surface area (Å²) in [5.74, 6) is 2.61. The molecule has 11 heteroatoms. The van der Waals surface area contributed by atoms with Crippen molar-refractivity contribution in [2.75, 3.05) is 33.7 Å². The number of benzene rings is 3. The van der Waals surface area contributed by atoms with Crippen molar-refractivity contribution in [2.45, 2.75) is 12.1 Å². The largest absolute Gasteiger partial charge is 0.494 e. The molecular formula is C28H29N5O5S. The highest BCUT2D eigenvalue weighted by Crippen LogP contribution is 2.41. The fourth-order valence-electron chi connectivity index (χ4n) is 3.73. The number of carbonyl (C=O) groups is 1. The van der Waals surface area contributed by atoms with E-state index in [1.807, 2.05) is 78.2 Å². The molecule has 1 heterocycles. The lowest BCUT2D eigenvalue weighted by atomic mass is 10.1. The number of carbonyl (C=O) groups excluding carboxylic acids is 1. The minimum Gasteiger partial charge on any atom is -0.494 e. The van der Waals surface area contributed by atoms with Gasteiger partial charge in [0.1, 0.15) is 5.75 Å². The predicted octanol–water partition coefficient (Wildman–Crippen LogP) is 4.60. The summed E-state index contributed by atoms with van der Waals surface area (Å²) >= 11 is 1.25. The standard InChI is InChI=1S/C28H29N5O5S/c1-5-38-22-13-11-19(12-14-22)17-29-30-25(34)18-39-28-32-31-27(33(28)21-9-7-6-8-10-21)20-15-23(35-2)26(37-4)24(16-20)36-3/h6-17H,5,18H2,1-4H3,(H,30,34)/b29-17+. The first kappa shape index (κ1) is 27.5. The van der Waals surface area contributed by atoms with Gasteiger partial charge in [-0.15, -0.1) is 10.2 Å². The third kappa shape index (κ3) is 6.68. The molecule has 4 aromatic rings. The van der Waals surface area contributed by atoms with Crippen LogP contribution in [0.15, 0.2) is 77.0 Å². The van der Waals surface area contributed by atoms with Gasteiger partial charge < -0.3 is 18.9 Å². The predicted molar refractivity (Wildman–Crippen MR) is 151 cm³/mol. The van der Waals surface area contributed by atoms with E-state index >= 15 is 0 Å². The number of aromatic nitrogens is 3. The van der Waals surface area contributed by atoms with Gasteiger partial charge in [0.25, 0.3) is 5.91 Å². The van der Waals surface area contributed by atoms with Crippen LogP contribution in [0.4, 0.5) is 0 Å². The second kappa shape index (κ2) is 13.3. The van der Waals surface area contributed by atoms with Crippen molar-refractivity contribution in [1.82, 2.24) is 20.2 Å². The Hall–Kier alpha value is -4.51. The number of para-hydroxylation sites is 1. The van der Waals surface area contributed by atoms with Crippen molar-refractivity contribution in [3.8, 4) is 40.1 Å². The van der Waals surface area contributed by atoms with Gasteiger partial charge in [-0.1, -0.05) is 30.0 Å². The van der Waals surface area contributed by atoms with Crippen LogP contribution in [0.5, 0.6) is 23.0 Å². The van der Waals surface area contributed by atoms with E-state index in [1.165, 1.54) is 11.8 Å². The van der Waals surface area contributed by atoms with Crippen molar-refractivity contribution in [3.63, 3.8) is 0 Å². The van der Waals surface area contributed by atoms with E-state index < -0.39 is 0 Å². The minimum atomic E-state index is -0.279. The third-order valence-corrected chi connectivity index (χ3v) is 6.43. The maximum Gasteiger partial charge on any atom is 0.250 e. The van der Waals surface area contributed by atoms with E-state index in [1.54, 1.807) is 27.5 Å². The van der Waals surface area contributed by atoms with E-state index in [9.17, 15) is 4.79 Å². The Kier molecular flexibility index (Phi) is 9.41. The van der Waals surface area contributed by atoms with Crippen molar-refractivity contribution in [3.05, 3.63) is 72.3 Å². The normalized spacial score (nSPS) is 10.9. The fraction of sp³-hybridized carbons (Fsp3) is 0.214. The average Bonchev–Trinajstić information content (AvgIpc) is 3.40. The van der Waals surface area contributed by atoms with Gasteiger partial charge in [-0.2, -0.15) is 5.10 Å². The molecule has 1 amide bonds. The lowest BCUT2D eigenvalue weighted by molar-refractivity contribution is -0.118. The van der Waals surface area contributed by atoms with Gasteiger partial charge in [-0.3, -0.25) is 9.36 Å². The molecule has 0 bridgehead atoms. The van der Waals surface area contributed by atoms with E-state index in [0.29, 0.717) is 40.4 Å². The number of rotatable bonds is 12. The molecule has 0 spiro atoms. The summed E-state index contributed by atoms with van der Waals surface area (Å²) in [6.45, 7) is 2.53. The van der Waals surface area contributed by atoms with Gasteiger partial charge in [0.05, 0.1) is 39.9 Å². The lowest BCUT2D eigenvalue weighted by Crippen LogP contribution is -2.20. The molecule has 0 unspecified atom stereocenters. The molecule has 0 fully saturated rings. The Morgan fingerprint density at radius 3 is 2.28 bits per heavy atom. The summed E-state index contributed by atoms with van der Waals surface area (Å²) in [5, 5.41) is 13.4. The summed E-state index contributed by atoms with van der Waals surface area (Å²) in [6.07, 6.45) is 1.58. The molecule has 4 rings (SSSR count). The van der Waals surface area contributed by atoms with E-state index in [2.05, 4.69) is 20.7 Å². The third-order valence-electron chi connectivity index (χ3n) is 5.50. The Bertz CT molecular complexity index is 1400. The number of hydrogen-bond donors (Lipinski definition) is 1. The molecule has 0 aliphatic rings. The molecule has 0 saturated carbocycles. The quantitative estimate of drug-likeness (QED) is 0.156. The molecule has 0 saturated heterocycles. The minimum absolute atomic E-state index is 0.0842. The lowest BCUT2D eigenvalue weighted by Gasteiger charge is -2.15. The van der Waals surface area contributed by atoms with Gasteiger partial charge in [0.2, 0.25) is 5.75 Å². The van der Waals surface area contributed by atoms with Crippen LogP contribution in [0.2, 0.25) is 0 Å². The van der Waals surface area contributed by atoms with Crippen LogP contribution >= 0.6 is 11.8 Å². The number of nitrogens with one attached hydrogen (secondary N) is 1. The zero-order valence-corrected chi connectivity index (χ0v) is 22.9. The highest BCUT2D eigenvalue weighted by atomic mass is 32.2. The van der Waals surface area contributed by atoms with Crippen LogP contribution in [0.1, 0.15) is 12.5 Å². The summed E-state index contributed by atoms with van der Waals surface area (Å²) in [5.41, 5.74) is 4.94. The first-order chi connectivity index (χ1) is 19.1. The van der Waals surface area contributed by atoms with E-state index in [-0.39, 0.29) is 11.7 Å². The fourth-order valence-corrected chi connectivity index (χ4v) is 4.47. The second-order valence-corrected chi connectivity index (χ2v) is 8.92. The van der Waals surface area contributed by atoms with Crippen molar-refractivity contribution in [2.24, 2.45) is 5.10 Å². The Morgan fingerprint density at radius 1 is 0.974 bits per heavy atom. The summed E-state index contributed by atoms with van der Waals surface area (Å²) in [4.78, 5) is 12.5. The molecule has 3 aromatic carbocycles. The van der Waals surface area contributed by atoms with Gasteiger partial charge in [0, 0.05) is 11.3 Å². The molecule has 0 aliphatic carbocycles. The summed E-state index contributed by atoms with van der Waals surface area (Å²) in [6, 6.07) is 20.7. The van der Waals surface area contributed by atoms with Gasteiger partial charge in [-0.05, 0) is 61.0 Å². The molecular weight excluding hydrogens is 518 g/mol. The first-order valence-electron chi connectivity index (χ1n) is 12.1. The van der Waals surface area contributed by atoms with Crippen LogP contribution in [-0.2, 0) is 4.79 Å². The zero-order chi connectivity index (χ0) is 27.6. The number of amides is 1. The summed E-state index contributed by atoms with van der Waals surface area (Å²) < 4.78 is 23.8. The number of ether oxygens (including phenoxy) is 4. The molecule has 10 nitrogen and oxygen atoms in total. The highest BCUT2D eigenvalue weighted by Gasteiger charge is 2.21. The van der Waals surface area contributed by atoms with Crippen molar-refractivity contribution in [1.29, 1.82) is 0 Å². The smallest absolute Gasteiger partial charge is 0.250 e. The van der Waals surface area contributed by atoms with E-state index in [0.717, 1.165) is 17.0 Å². The maximum atomic E-state index is 12.5. The van der Waals surface area contributed by atoms with E-state index in [4.69, 9.17) is 18.9 Å². The number of hydrogen-bond acceptors (Lipinski definition) is 9. The van der Waals surface area contributed by atoms with Crippen molar-refractivity contribution >= 4 is 23.9 Å². The molecule has 1 N–H and O–H groups in total. The van der Waals surface area contributed by atoms with Crippen LogP contribution in [-0.4, -0.2) is 60.6 Å². The van der Waals surface area contributed by atoms with Gasteiger partial charge >= 0.3 is 0 Å². The molecule has 39 heavy (non-hydrogen) atoms. The van der Waals surface area contributed by atoms with Gasteiger partial charge in [-0.25, -0.2) is 5.43 Å². The first-order valence-corrected chi connectivity index (χ1v) is 13.0. The summed E-state index contributed by atoms with van der Waals surface area (Å²) in [7, 11) is 4.66. The molecule has 202 valence electrons. The Balaban J connectivity index is 1.54. The Morgan fingerprint density at radius 2 is 1.67 bits per heavy atom. The molecule has 0 aliphatic heterocycles. The Labute approximate surface area is 231 Å². The monoisotopic (exact) mass is 547 g/mol. The average molecular weight is 548 g/mol. The highest BCUT2D eigenvalue weighted by molar-refractivity contribution is 7.99. The molecule has 0 atom stereocenters. The number of methoxy groups -OCH3 is 3. The molecule has 0 radical (unpaired) electrons. The number of hydrazone groups is 1. The van der Waals surface area contributed by atoms with Crippen LogP contribution in [0, 0.1) is 0 Å². The zero-order valence-electron chi connectivity index (χ0n) is 22.1. The topological polar surface area (TPSA) is 109 Å². The van der Waals surface area contributed by atoms with Crippen LogP contribution < -0.4 is 24.4 Å². The SMILES string of the molecule is CCOc1ccc(/C=N/NC(=O)CSc2nnc(-c3cc(OC)c(OC)c(OC)c3)n2-c2ccccc2)cc1. The van der Waals surface area contributed by atoms with Crippen LogP contribution in [0.3, 0.4) is 0 Å². The van der Waals surface area contributed by atoms with Crippen molar-refractivity contribution < 1.29 is 23.7 Å². The van der Waals surface area contributed by atoms with Crippen LogP contribution in [0.25, 0.3) is 17.1 Å². The number of thioether (sulfide) groups is 1. The second-order valence-electron chi connectivity index (χ2n) is 7.98. The number of nitrogens with zero attached hydrogens (tertiary/aromatic N) is 4. The maximum absolute atomic E-state index is 12.5. The van der Waals surface area contributed by atoms with Gasteiger partial charge in [0.15, 0.2) is 22.5 Å². The molecule has 1 aromatic heterocycles.